The second-order valence-electron chi connectivity index (χ2n) is 6.51. The second-order valence-corrected chi connectivity index (χ2v) is 8.01. The molecule has 0 N–H and O–H groups in total. The van der Waals surface area contributed by atoms with E-state index < -0.39 is 0 Å². The molecule has 1 amide bonds. The molecule has 2 unspecified atom stereocenters. The Kier molecular flexibility index (Phi) is 8.35. The molecule has 0 aromatic carbocycles. The number of likely N-dealkylation sites (tertiary alicyclic amines) is 1. The van der Waals surface area contributed by atoms with Gasteiger partial charge in [-0.25, -0.2) is 0 Å². The Labute approximate surface area is 132 Å². The third-order valence-corrected chi connectivity index (χ3v) is 5.24. The molecule has 112 valence electrons. The molecule has 2 nitrogen and oxygen atoms in total. The number of rotatable bonds is 7. The van der Waals surface area contributed by atoms with Crippen molar-refractivity contribution in [2.24, 2.45) is 11.8 Å². The lowest BCUT2D eigenvalue weighted by atomic mass is 9.97. The Hall–Kier alpha value is 0.200. The zero-order chi connectivity index (χ0) is 14.3. The molecule has 0 aromatic rings. The summed E-state index contributed by atoms with van der Waals surface area (Å²) in [6, 6.07) is 0. The fraction of sp³-hybridized carbons (Fsp3) is 0.938. The van der Waals surface area contributed by atoms with Crippen LogP contribution in [0.2, 0.25) is 0 Å². The first kappa shape index (κ1) is 17.3. The van der Waals surface area contributed by atoms with Gasteiger partial charge in [-0.05, 0) is 31.1 Å². The first-order valence-electron chi connectivity index (χ1n) is 7.93. The molecule has 19 heavy (non-hydrogen) atoms. The van der Waals surface area contributed by atoms with Crippen LogP contribution in [-0.2, 0) is 4.79 Å². The van der Waals surface area contributed by atoms with Crippen LogP contribution in [-0.4, -0.2) is 27.8 Å². The van der Waals surface area contributed by atoms with Crippen LogP contribution in [0, 0.1) is 11.8 Å². The molecule has 0 radical (unpaired) electrons. The van der Waals surface area contributed by atoms with E-state index >= 15 is 0 Å². The highest BCUT2D eigenvalue weighted by molar-refractivity contribution is 14.1. The van der Waals surface area contributed by atoms with Crippen molar-refractivity contribution in [1.29, 1.82) is 0 Å². The van der Waals surface area contributed by atoms with Gasteiger partial charge in [-0.2, -0.15) is 0 Å². The lowest BCUT2D eigenvalue weighted by molar-refractivity contribution is -0.129. The van der Waals surface area contributed by atoms with Crippen molar-refractivity contribution in [2.75, 3.05) is 13.1 Å². The van der Waals surface area contributed by atoms with Crippen LogP contribution in [0.1, 0.15) is 65.7 Å². The van der Waals surface area contributed by atoms with Crippen LogP contribution in [0.3, 0.4) is 0 Å². The molecular formula is C16H30INO. The van der Waals surface area contributed by atoms with Crippen molar-refractivity contribution < 1.29 is 4.79 Å². The summed E-state index contributed by atoms with van der Waals surface area (Å²) >= 11 is 2.32. The van der Waals surface area contributed by atoms with E-state index in [9.17, 15) is 4.79 Å². The fourth-order valence-corrected chi connectivity index (χ4v) is 3.51. The van der Waals surface area contributed by atoms with E-state index in [-0.39, 0.29) is 3.92 Å². The molecule has 1 rings (SSSR count). The van der Waals surface area contributed by atoms with Crippen molar-refractivity contribution in [3.63, 3.8) is 0 Å². The van der Waals surface area contributed by atoms with Gasteiger partial charge in [-0.3, -0.25) is 4.79 Å². The van der Waals surface area contributed by atoms with E-state index in [1.807, 2.05) is 0 Å². The molecule has 1 aliphatic heterocycles. The monoisotopic (exact) mass is 379 g/mol. The van der Waals surface area contributed by atoms with Crippen molar-refractivity contribution in [1.82, 2.24) is 4.90 Å². The standard InChI is InChI=1S/C16H30INO/c1-13(2)7-6-8-14(3)10-12-18-11-5-4-9-15(17)16(18)19/h13-15H,4-12H2,1-3H3. The zero-order valence-corrected chi connectivity index (χ0v) is 15.0. The van der Waals surface area contributed by atoms with E-state index in [1.54, 1.807) is 0 Å². The molecule has 1 heterocycles. The van der Waals surface area contributed by atoms with E-state index in [2.05, 4.69) is 48.3 Å². The number of hydrogen-bond acceptors (Lipinski definition) is 1. The predicted molar refractivity (Wildman–Crippen MR) is 90.7 cm³/mol. The molecule has 0 aromatic heterocycles. The minimum Gasteiger partial charge on any atom is -0.342 e. The minimum absolute atomic E-state index is 0.219. The molecule has 1 aliphatic rings. The number of amides is 1. The van der Waals surface area contributed by atoms with Gasteiger partial charge < -0.3 is 4.90 Å². The van der Waals surface area contributed by atoms with Crippen molar-refractivity contribution >= 4 is 28.5 Å². The van der Waals surface area contributed by atoms with Gasteiger partial charge in [-0.15, -0.1) is 0 Å². The van der Waals surface area contributed by atoms with Gasteiger partial charge in [0.05, 0.1) is 3.92 Å². The Balaban J connectivity index is 2.24. The fourth-order valence-electron chi connectivity index (χ4n) is 2.68. The summed E-state index contributed by atoms with van der Waals surface area (Å²) in [7, 11) is 0. The van der Waals surface area contributed by atoms with Crippen LogP contribution in [0.15, 0.2) is 0 Å². The first-order valence-corrected chi connectivity index (χ1v) is 9.18. The number of halogens is 1. The highest BCUT2D eigenvalue weighted by Gasteiger charge is 2.24. The second kappa shape index (κ2) is 9.19. The van der Waals surface area contributed by atoms with Gasteiger partial charge in [-0.1, -0.05) is 69.0 Å². The van der Waals surface area contributed by atoms with Gasteiger partial charge in [0.25, 0.3) is 0 Å². The van der Waals surface area contributed by atoms with Crippen molar-refractivity contribution in [2.45, 2.75) is 69.6 Å². The van der Waals surface area contributed by atoms with E-state index in [0.717, 1.165) is 31.3 Å². The molecule has 3 heteroatoms. The molecule has 0 aliphatic carbocycles. The lowest BCUT2D eigenvalue weighted by Gasteiger charge is -2.24. The van der Waals surface area contributed by atoms with Crippen LogP contribution in [0.5, 0.6) is 0 Å². The Morgan fingerprint density at radius 3 is 2.63 bits per heavy atom. The van der Waals surface area contributed by atoms with Gasteiger partial charge >= 0.3 is 0 Å². The van der Waals surface area contributed by atoms with Gasteiger partial charge in [0.1, 0.15) is 0 Å². The largest absolute Gasteiger partial charge is 0.342 e. The van der Waals surface area contributed by atoms with Crippen LogP contribution in [0.4, 0.5) is 0 Å². The topological polar surface area (TPSA) is 20.3 Å². The zero-order valence-electron chi connectivity index (χ0n) is 12.8. The predicted octanol–water partition coefficient (Wildman–Crippen LogP) is 4.66. The van der Waals surface area contributed by atoms with Gasteiger partial charge in [0.15, 0.2) is 0 Å². The van der Waals surface area contributed by atoms with E-state index in [4.69, 9.17) is 0 Å². The summed E-state index contributed by atoms with van der Waals surface area (Å²) in [6.07, 6.45) is 8.62. The normalized spacial score (nSPS) is 22.7. The molecular weight excluding hydrogens is 349 g/mol. The highest BCUT2D eigenvalue weighted by atomic mass is 127. The Bertz CT molecular complexity index is 267. The summed E-state index contributed by atoms with van der Waals surface area (Å²) < 4.78 is 0.219. The van der Waals surface area contributed by atoms with E-state index in [0.29, 0.717) is 5.91 Å². The van der Waals surface area contributed by atoms with Crippen LogP contribution < -0.4 is 0 Å². The summed E-state index contributed by atoms with van der Waals surface area (Å²) in [6.45, 7) is 8.88. The molecule has 1 saturated heterocycles. The van der Waals surface area contributed by atoms with E-state index in [1.165, 1.54) is 38.5 Å². The SMILES string of the molecule is CC(C)CCCC(C)CCN1CCCCC(I)C1=O. The molecule has 0 bridgehead atoms. The average molecular weight is 379 g/mol. The maximum Gasteiger partial charge on any atom is 0.235 e. The Morgan fingerprint density at radius 2 is 1.95 bits per heavy atom. The highest BCUT2D eigenvalue weighted by Crippen LogP contribution is 2.21. The summed E-state index contributed by atoms with van der Waals surface area (Å²) in [5, 5.41) is 0. The maximum atomic E-state index is 12.2. The molecule has 1 fully saturated rings. The van der Waals surface area contributed by atoms with Gasteiger partial charge in [0.2, 0.25) is 5.91 Å². The minimum atomic E-state index is 0.219. The van der Waals surface area contributed by atoms with Crippen LogP contribution in [0.25, 0.3) is 0 Å². The summed E-state index contributed by atoms with van der Waals surface area (Å²) in [5.41, 5.74) is 0. The molecule has 2 atom stereocenters. The Morgan fingerprint density at radius 1 is 1.21 bits per heavy atom. The quantitative estimate of drug-likeness (QED) is 0.466. The van der Waals surface area contributed by atoms with Gasteiger partial charge in [0, 0.05) is 13.1 Å². The number of hydrogen-bond donors (Lipinski definition) is 0. The first-order chi connectivity index (χ1) is 9.00. The third kappa shape index (κ3) is 6.96. The average Bonchev–Trinajstić information content (AvgIpc) is 2.50. The molecule has 0 spiro atoms. The van der Waals surface area contributed by atoms with Crippen molar-refractivity contribution in [3.8, 4) is 0 Å². The third-order valence-electron chi connectivity index (χ3n) is 4.09. The van der Waals surface area contributed by atoms with Crippen LogP contribution >= 0.6 is 22.6 Å². The molecule has 0 saturated carbocycles. The van der Waals surface area contributed by atoms with Crippen molar-refractivity contribution in [3.05, 3.63) is 0 Å². The lowest BCUT2D eigenvalue weighted by Crippen LogP contribution is -2.36. The summed E-state index contributed by atoms with van der Waals surface area (Å²) in [5.74, 6) is 1.95. The number of carbonyl (C=O) groups excluding carboxylic acids is 1. The smallest absolute Gasteiger partial charge is 0.235 e. The number of alkyl halides is 1. The number of nitrogens with zero attached hydrogens (tertiary/aromatic N) is 1. The summed E-state index contributed by atoms with van der Waals surface area (Å²) in [4.78, 5) is 14.3. The maximum absolute atomic E-state index is 12.2. The number of carbonyl (C=O) groups is 1.